The number of non-ortho nitro benzene ring substituents is 1. The van der Waals surface area contributed by atoms with Gasteiger partial charge in [0.15, 0.2) is 5.65 Å². The fourth-order valence-electron chi connectivity index (χ4n) is 5.37. The molecule has 43 heavy (non-hydrogen) atoms. The van der Waals surface area contributed by atoms with Gasteiger partial charge in [-0.2, -0.15) is 5.10 Å². The molecule has 3 aromatic carbocycles. The Morgan fingerprint density at radius 2 is 1.63 bits per heavy atom. The third kappa shape index (κ3) is 6.13. The SMILES string of the molecule is Cc1nn(-c2ccccc2)c2nc(Cc3ccccc3)nc(N3CCCN(C(=O)/C=C/c4ccc([N+](=O)[O-])cc4)CC3)c12. The van der Waals surface area contributed by atoms with Crippen molar-refractivity contribution in [1.82, 2.24) is 24.6 Å². The van der Waals surface area contributed by atoms with E-state index in [0.717, 1.165) is 52.3 Å². The number of hydrogen-bond acceptors (Lipinski definition) is 7. The van der Waals surface area contributed by atoms with Gasteiger partial charge >= 0.3 is 0 Å². The van der Waals surface area contributed by atoms with Crippen LogP contribution in [0.5, 0.6) is 0 Å². The van der Waals surface area contributed by atoms with Crippen molar-refractivity contribution in [2.24, 2.45) is 0 Å². The number of aryl methyl sites for hydroxylation is 1. The van der Waals surface area contributed by atoms with Crippen LogP contribution in [0, 0.1) is 17.0 Å². The van der Waals surface area contributed by atoms with Gasteiger partial charge in [0.25, 0.3) is 5.69 Å². The first kappa shape index (κ1) is 27.8. The molecular formula is C33H31N7O3. The topological polar surface area (TPSA) is 110 Å². The van der Waals surface area contributed by atoms with Crippen LogP contribution in [-0.2, 0) is 11.2 Å². The Bertz CT molecular complexity index is 1780. The van der Waals surface area contributed by atoms with Gasteiger partial charge in [-0.05, 0) is 54.8 Å². The molecule has 0 radical (unpaired) electrons. The van der Waals surface area contributed by atoms with Crippen LogP contribution in [0.1, 0.15) is 29.1 Å². The molecule has 2 aromatic heterocycles. The van der Waals surface area contributed by atoms with E-state index in [1.807, 2.05) is 65.0 Å². The lowest BCUT2D eigenvalue weighted by atomic mass is 10.1. The number of nitrogens with zero attached hydrogens (tertiary/aromatic N) is 7. The summed E-state index contributed by atoms with van der Waals surface area (Å²) in [5.74, 6) is 1.46. The first-order chi connectivity index (χ1) is 21.0. The van der Waals surface area contributed by atoms with E-state index >= 15 is 0 Å². The molecule has 0 unspecified atom stereocenters. The summed E-state index contributed by atoms with van der Waals surface area (Å²) >= 11 is 0. The van der Waals surface area contributed by atoms with Crippen LogP contribution in [0.15, 0.2) is 91.0 Å². The second-order valence-corrected chi connectivity index (χ2v) is 10.5. The summed E-state index contributed by atoms with van der Waals surface area (Å²) in [6.07, 6.45) is 4.60. The molecule has 6 rings (SSSR count). The minimum atomic E-state index is -0.439. The first-order valence-corrected chi connectivity index (χ1v) is 14.3. The molecule has 10 heteroatoms. The van der Waals surface area contributed by atoms with Gasteiger partial charge in [-0.3, -0.25) is 14.9 Å². The van der Waals surface area contributed by atoms with Crippen molar-refractivity contribution in [2.75, 3.05) is 31.1 Å². The Hall–Kier alpha value is -5.38. The van der Waals surface area contributed by atoms with E-state index in [2.05, 4.69) is 17.0 Å². The molecule has 1 aliphatic rings. The second-order valence-electron chi connectivity index (χ2n) is 10.5. The second kappa shape index (κ2) is 12.2. The summed E-state index contributed by atoms with van der Waals surface area (Å²) in [4.78, 5) is 37.8. The van der Waals surface area contributed by atoms with Gasteiger partial charge in [0.2, 0.25) is 5.91 Å². The standard InChI is InChI=1S/C33H31N7O3/c1-24-31-32(38-20-8-19-37(21-22-38)30(41)18-15-25-13-16-28(17-14-25)40(42)43)34-29(23-26-9-4-2-5-10-26)35-33(31)39(36-24)27-11-6-3-7-12-27/h2-7,9-18H,8,19-23H2,1H3/b18-15+. The Morgan fingerprint density at radius 3 is 2.35 bits per heavy atom. The fraction of sp³-hybridized carbons (Fsp3) is 0.212. The molecule has 0 spiro atoms. The smallest absolute Gasteiger partial charge is 0.269 e. The highest BCUT2D eigenvalue weighted by Crippen LogP contribution is 2.30. The number of amides is 1. The quantitative estimate of drug-likeness (QED) is 0.146. The molecule has 0 bridgehead atoms. The van der Waals surface area contributed by atoms with E-state index in [-0.39, 0.29) is 11.6 Å². The van der Waals surface area contributed by atoms with E-state index in [4.69, 9.17) is 15.1 Å². The number of nitro benzene ring substituents is 1. The Balaban J connectivity index is 1.28. The maximum atomic E-state index is 13.1. The number of anilines is 1. The van der Waals surface area contributed by atoms with Gasteiger partial charge in [-0.1, -0.05) is 48.5 Å². The molecule has 0 N–H and O–H groups in total. The highest BCUT2D eigenvalue weighted by molar-refractivity contribution is 5.92. The van der Waals surface area contributed by atoms with Crippen molar-refractivity contribution >= 4 is 34.5 Å². The Morgan fingerprint density at radius 1 is 0.907 bits per heavy atom. The lowest BCUT2D eigenvalue weighted by Crippen LogP contribution is -2.34. The van der Waals surface area contributed by atoms with Crippen LogP contribution in [0.4, 0.5) is 11.5 Å². The van der Waals surface area contributed by atoms with Crippen molar-refractivity contribution in [3.63, 3.8) is 0 Å². The molecule has 216 valence electrons. The zero-order chi connectivity index (χ0) is 29.8. The van der Waals surface area contributed by atoms with E-state index in [1.165, 1.54) is 18.2 Å². The number of para-hydroxylation sites is 1. The zero-order valence-electron chi connectivity index (χ0n) is 23.8. The Labute approximate surface area is 249 Å². The molecule has 5 aromatic rings. The van der Waals surface area contributed by atoms with Crippen molar-refractivity contribution in [1.29, 1.82) is 0 Å². The molecule has 0 aliphatic carbocycles. The van der Waals surface area contributed by atoms with Gasteiger partial charge in [0.05, 0.1) is 21.7 Å². The summed E-state index contributed by atoms with van der Waals surface area (Å²) in [5, 5.41) is 16.7. The largest absolute Gasteiger partial charge is 0.354 e. The third-order valence-corrected chi connectivity index (χ3v) is 7.56. The average molecular weight is 574 g/mol. The molecule has 1 saturated heterocycles. The number of nitro groups is 1. The average Bonchev–Trinajstić information content (AvgIpc) is 3.19. The van der Waals surface area contributed by atoms with Gasteiger partial charge in [-0.25, -0.2) is 14.6 Å². The van der Waals surface area contributed by atoms with Crippen molar-refractivity contribution in [2.45, 2.75) is 19.8 Å². The number of fused-ring (bicyclic) bond motifs is 1. The highest BCUT2D eigenvalue weighted by Gasteiger charge is 2.24. The Kier molecular flexibility index (Phi) is 7.90. The van der Waals surface area contributed by atoms with Crippen LogP contribution in [0.25, 0.3) is 22.8 Å². The molecular weight excluding hydrogens is 542 g/mol. The molecule has 1 amide bonds. The van der Waals surface area contributed by atoms with Crippen LogP contribution >= 0.6 is 0 Å². The minimum Gasteiger partial charge on any atom is -0.354 e. The molecule has 1 fully saturated rings. The fourth-order valence-corrected chi connectivity index (χ4v) is 5.37. The van der Waals surface area contributed by atoms with Gasteiger partial charge in [-0.15, -0.1) is 0 Å². The first-order valence-electron chi connectivity index (χ1n) is 14.3. The number of hydrogen-bond donors (Lipinski definition) is 0. The third-order valence-electron chi connectivity index (χ3n) is 7.56. The lowest BCUT2D eigenvalue weighted by Gasteiger charge is -2.23. The minimum absolute atomic E-state index is 0.0198. The van der Waals surface area contributed by atoms with Gasteiger partial charge in [0, 0.05) is 50.8 Å². The monoisotopic (exact) mass is 573 g/mol. The molecule has 10 nitrogen and oxygen atoms in total. The molecule has 0 saturated carbocycles. The summed E-state index contributed by atoms with van der Waals surface area (Å²) < 4.78 is 1.89. The summed E-state index contributed by atoms with van der Waals surface area (Å²) in [7, 11) is 0. The van der Waals surface area contributed by atoms with E-state index < -0.39 is 4.92 Å². The number of benzene rings is 3. The highest BCUT2D eigenvalue weighted by atomic mass is 16.6. The summed E-state index contributed by atoms with van der Waals surface area (Å²) in [6.45, 7) is 4.50. The summed E-state index contributed by atoms with van der Waals surface area (Å²) in [5.41, 5.74) is 4.43. The molecule has 3 heterocycles. The zero-order valence-corrected chi connectivity index (χ0v) is 23.8. The maximum Gasteiger partial charge on any atom is 0.269 e. The summed E-state index contributed by atoms with van der Waals surface area (Å²) in [6, 6.07) is 26.3. The van der Waals surface area contributed by atoms with Crippen LogP contribution in [-0.4, -0.2) is 61.7 Å². The molecule has 1 aliphatic heterocycles. The predicted octanol–water partition coefficient (Wildman–Crippen LogP) is 5.38. The van der Waals surface area contributed by atoms with Crippen molar-refractivity contribution < 1.29 is 9.72 Å². The van der Waals surface area contributed by atoms with Crippen LogP contribution in [0.2, 0.25) is 0 Å². The van der Waals surface area contributed by atoms with E-state index in [1.54, 1.807) is 18.2 Å². The van der Waals surface area contributed by atoms with Gasteiger partial charge in [0.1, 0.15) is 11.6 Å². The maximum absolute atomic E-state index is 13.1. The van der Waals surface area contributed by atoms with Crippen molar-refractivity contribution in [3.8, 4) is 5.69 Å². The number of aromatic nitrogens is 4. The van der Waals surface area contributed by atoms with E-state index in [9.17, 15) is 14.9 Å². The lowest BCUT2D eigenvalue weighted by molar-refractivity contribution is -0.384. The van der Waals surface area contributed by atoms with Crippen LogP contribution < -0.4 is 4.90 Å². The number of carbonyl (C=O) groups excluding carboxylic acids is 1. The number of carbonyl (C=O) groups is 1. The number of rotatable bonds is 7. The molecule has 0 atom stereocenters. The van der Waals surface area contributed by atoms with Crippen LogP contribution in [0.3, 0.4) is 0 Å². The van der Waals surface area contributed by atoms with Gasteiger partial charge < -0.3 is 9.80 Å². The predicted molar refractivity (Wildman–Crippen MR) is 166 cm³/mol. The van der Waals surface area contributed by atoms with E-state index in [0.29, 0.717) is 31.9 Å². The van der Waals surface area contributed by atoms with Crippen molar-refractivity contribution in [3.05, 3.63) is 124 Å². The normalized spacial score (nSPS) is 13.9.